The van der Waals surface area contributed by atoms with E-state index in [0.29, 0.717) is 18.8 Å². The highest BCUT2D eigenvalue weighted by Crippen LogP contribution is 2.19. The average molecular weight is 302 g/mol. The fraction of sp³-hybridized carbons (Fsp3) is 0.636. The quantitative estimate of drug-likeness (QED) is 0.785. The first-order valence-corrected chi connectivity index (χ1v) is 7.67. The van der Waals surface area contributed by atoms with E-state index in [4.69, 9.17) is 4.74 Å². The molecule has 0 radical (unpaired) electrons. The van der Waals surface area contributed by atoms with Crippen LogP contribution in [0.4, 0.5) is 0 Å². The number of carbonyl (C=O) groups excluding carboxylic acids is 1. The maximum Gasteiger partial charge on any atom is 0.248 e. The molecule has 1 fully saturated rings. The van der Waals surface area contributed by atoms with Crippen molar-refractivity contribution in [3.05, 3.63) is 11.9 Å². The van der Waals surface area contributed by atoms with Gasteiger partial charge in [-0.2, -0.15) is 9.40 Å². The van der Waals surface area contributed by atoms with Gasteiger partial charge in [-0.05, 0) is 6.92 Å². The molecule has 1 saturated heterocycles. The second-order valence-corrected chi connectivity index (χ2v) is 6.48. The molecule has 1 aromatic heterocycles. The van der Waals surface area contributed by atoms with Crippen LogP contribution in [0.25, 0.3) is 0 Å². The highest BCUT2D eigenvalue weighted by molar-refractivity contribution is 7.89. The number of methoxy groups -OCH3 is 1. The molecule has 8 nitrogen and oxygen atoms in total. The Bertz CT molecular complexity index is 575. The summed E-state index contributed by atoms with van der Waals surface area (Å²) in [6.45, 7) is 2.99. The third kappa shape index (κ3) is 2.84. The maximum absolute atomic E-state index is 12.4. The first-order chi connectivity index (χ1) is 9.46. The van der Waals surface area contributed by atoms with Gasteiger partial charge >= 0.3 is 0 Å². The third-order valence-corrected chi connectivity index (χ3v) is 5.27. The van der Waals surface area contributed by atoms with Crippen molar-refractivity contribution in [2.45, 2.75) is 11.8 Å². The highest BCUT2D eigenvalue weighted by atomic mass is 32.2. The van der Waals surface area contributed by atoms with E-state index < -0.39 is 10.0 Å². The summed E-state index contributed by atoms with van der Waals surface area (Å²) in [5.41, 5.74) is 0.517. The van der Waals surface area contributed by atoms with Gasteiger partial charge in [-0.3, -0.25) is 9.89 Å². The standard InChI is InChI=1S/C11H18N4O4S/c1-9-10(7-12-13-9)20(17,18)15-5-3-14(4-6-15)11(16)8-19-2/h7H,3-6,8H2,1-2H3,(H,12,13). The molecule has 20 heavy (non-hydrogen) atoms. The Hall–Kier alpha value is -1.45. The Labute approximate surface area is 117 Å². The smallest absolute Gasteiger partial charge is 0.248 e. The van der Waals surface area contributed by atoms with Crippen LogP contribution in [0.1, 0.15) is 5.69 Å². The van der Waals surface area contributed by atoms with Crippen LogP contribution in [0.5, 0.6) is 0 Å². The van der Waals surface area contributed by atoms with E-state index in [1.54, 1.807) is 11.8 Å². The molecule has 0 unspecified atom stereocenters. The number of amides is 1. The fourth-order valence-electron chi connectivity index (χ4n) is 2.13. The van der Waals surface area contributed by atoms with Crippen molar-refractivity contribution in [3.63, 3.8) is 0 Å². The molecule has 2 heterocycles. The molecule has 1 aliphatic heterocycles. The summed E-state index contributed by atoms with van der Waals surface area (Å²) in [5.74, 6) is -0.121. The Morgan fingerprint density at radius 1 is 1.40 bits per heavy atom. The van der Waals surface area contributed by atoms with Gasteiger partial charge in [0, 0.05) is 33.3 Å². The molecule has 1 N–H and O–H groups in total. The number of nitrogens with one attached hydrogen (secondary N) is 1. The SMILES string of the molecule is COCC(=O)N1CCN(S(=O)(=O)c2cn[nH]c2C)CC1. The van der Waals surface area contributed by atoms with Crippen LogP contribution in [0, 0.1) is 6.92 Å². The van der Waals surface area contributed by atoms with Gasteiger partial charge in [-0.1, -0.05) is 0 Å². The number of nitrogens with zero attached hydrogens (tertiary/aromatic N) is 3. The van der Waals surface area contributed by atoms with Crippen molar-refractivity contribution in [1.29, 1.82) is 0 Å². The number of hydrogen-bond donors (Lipinski definition) is 1. The number of ether oxygens (including phenoxy) is 1. The Kier molecular flexibility index (Phi) is 4.41. The molecule has 0 atom stereocenters. The molecule has 0 saturated carbocycles. The molecule has 0 aromatic carbocycles. The fourth-order valence-corrected chi connectivity index (χ4v) is 3.67. The lowest BCUT2D eigenvalue weighted by Crippen LogP contribution is -2.51. The second kappa shape index (κ2) is 5.90. The lowest BCUT2D eigenvalue weighted by Gasteiger charge is -2.33. The summed E-state index contributed by atoms with van der Waals surface area (Å²) < 4.78 is 31.0. The van der Waals surface area contributed by atoms with Crippen LogP contribution in [0.15, 0.2) is 11.1 Å². The first-order valence-electron chi connectivity index (χ1n) is 6.23. The van der Waals surface area contributed by atoms with E-state index in [0.717, 1.165) is 0 Å². The van der Waals surface area contributed by atoms with Crippen LogP contribution in [0.2, 0.25) is 0 Å². The monoisotopic (exact) mass is 302 g/mol. The number of aromatic nitrogens is 2. The zero-order chi connectivity index (χ0) is 14.8. The average Bonchev–Trinajstić information content (AvgIpc) is 2.86. The topological polar surface area (TPSA) is 95.6 Å². The van der Waals surface area contributed by atoms with Gasteiger partial charge in [0.1, 0.15) is 11.5 Å². The van der Waals surface area contributed by atoms with E-state index in [9.17, 15) is 13.2 Å². The van der Waals surface area contributed by atoms with Gasteiger partial charge in [0.15, 0.2) is 0 Å². The molecule has 2 rings (SSSR count). The van der Waals surface area contributed by atoms with Crippen molar-refractivity contribution in [3.8, 4) is 0 Å². The van der Waals surface area contributed by atoms with E-state index >= 15 is 0 Å². The van der Waals surface area contributed by atoms with Crippen LogP contribution in [-0.4, -0.2) is 73.6 Å². The van der Waals surface area contributed by atoms with Gasteiger partial charge < -0.3 is 9.64 Å². The van der Waals surface area contributed by atoms with Gasteiger partial charge in [-0.15, -0.1) is 0 Å². The largest absolute Gasteiger partial charge is 0.375 e. The predicted octanol–water partition coefficient (Wildman–Crippen LogP) is -0.803. The molecular weight excluding hydrogens is 284 g/mol. The number of sulfonamides is 1. The summed E-state index contributed by atoms with van der Waals surface area (Å²) in [6.07, 6.45) is 1.31. The molecule has 0 aliphatic carbocycles. The van der Waals surface area contributed by atoms with E-state index in [1.807, 2.05) is 0 Å². The van der Waals surface area contributed by atoms with E-state index in [1.165, 1.54) is 17.6 Å². The van der Waals surface area contributed by atoms with Crippen LogP contribution < -0.4 is 0 Å². The second-order valence-electron chi connectivity index (χ2n) is 4.58. The molecule has 0 spiro atoms. The number of carbonyl (C=O) groups is 1. The summed E-state index contributed by atoms with van der Waals surface area (Å²) >= 11 is 0. The molecule has 1 amide bonds. The molecule has 9 heteroatoms. The third-order valence-electron chi connectivity index (χ3n) is 3.26. The Morgan fingerprint density at radius 3 is 2.55 bits per heavy atom. The predicted molar refractivity (Wildman–Crippen MR) is 70.5 cm³/mol. The van der Waals surface area contributed by atoms with Gasteiger partial charge in [0.25, 0.3) is 0 Å². The number of aryl methyl sites for hydroxylation is 1. The molecule has 0 bridgehead atoms. The molecule has 1 aliphatic rings. The van der Waals surface area contributed by atoms with Crippen molar-refractivity contribution >= 4 is 15.9 Å². The lowest BCUT2D eigenvalue weighted by molar-refractivity contribution is -0.136. The number of aromatic amines is 1. The van der Waals surface area contributed by atoms with Crippen molar-refractivity contribution < 1.29 is 17.9 Å². The van der Waals surface area contributed by atoms with Crippen molar-refractivity contribution in [2.24, 2.45) is 0 Å². The summed E-state index contributed by atoms with van der Waals surface area (Å²) in [7, 11) is -2.08. The molecular formula is C11H18N4O4S. The van der Waals surface area contributed by atoms with Gasteiger partial charge in [0.2, 0.25) is 15.9 Å². The molecule has 112 valence electrons. The summed E-state index contributed by atoms with van der Waals surface area (Å²) in [6, 6.07) is 0. The Balaban J connectivity index is 2.04. The first kappa shape index (κ1) is 14.9. The summed E-state index contributed by atoms with van der Waals surface area (Å²) in [5, 5.41) is 6.36. The summed E-state index contributed by atoms with van der Waals surface area (Å²) in [4.78, 5) is 13.5. The number of H-pyrrole nitrogens is 1. The van der Waals surface area contributed by atoms with E-state index in [-0.39, 0.29) is 30.5 Å². The van der Waals surface area contributed by atoms with Gasteiger partial charge in [-0.25, -0.2) is 8.42 Å². The minimum Gasteiger partial charge on any atom is -0.375 e. The Morgan fingerprint density at radius 2 is 2.05 bits per heavy atom. The molecule has 1 aromatic rings. The van der Waals surface area contributed by atoms with E-state index in [2.05, 4.69) is 10.2 Å². The number of hydrogen-bond acceptors (Lipinski definition) is 5. The van der Waals surface area contributed by atoms with Crippen LogP contribution in [0.3, 0.4) is 0 Å². The normalized spacial score (nSPS) is 17.4. The zero-order valence-electron chi connectivity index (χ0n) is 11.5. The zero-order valence-corrected chi connectivity index (χ0v) is 12.3. The minimum absolute atomic E-state index is 0.0214. The van der Waals surface area contributed by atoms with Gasteiger partial charge in [0.05, 0.1) is 11.9 Å². The number of piperazine rings is 1. The van der Waals surface area contributed by atoms with Crippen molar-refractivity contribution in [2.75, 3.05) is 39.9 Å². The van der Waals surface area contributed by atoms with Crippen LogP contribution in [-0.2, 0) is 19.6 Å². The van der Waals surface area contributed by atoms with Crippen LogP contribution >= 0.6 is 0 Å². The highest BCUT2D eigenvalue weighted by Gasteiger charge is 2.31. The lowest BCUT2D eigenvalue weighted by atomic mass is 10.3. The number of rotatable bonds is 4. The minimum atomic E-state index is -3.54. The van der Waals surface area contributed by atoms with Crippen molar-refractivity contribution in [1.82, 2.24) is 19.4 Å². The maximum atomic E-state index is 12.4.